The number of methoxy groups -OCH3 is 1. The predicted octanol–water partition coefficient (Wildman–Crippen LogP) is 4.45. The Balaban J connectivity index is 1.59. The highest BCUT2D eigenvalue weighted by Gasteiger charge is 2.28. The number of rotatable bonds is 5. The number of anilines is 2. The maximum absolute atomic E-state index is 13.2. The zero-order valence-corrected chi connectivity index (χ0v) is 20.8. The van der Waals surface area contributed by atoms with Crippen molar-refractivity contribution in [2.75, 3.05) is 23.7 Å². The fourth-order valence-corrected chi connectivity index (χ4v) is 6.07. The first-order valence-electron chi connectivity index (χ1n) is 10.3. The van der Waals surface area contributed by atoms with Crippen LogP contribution >= 0.6 is 22.9 Å². The molecule has 0 saturated heterocycles. The smallest absolute Gasteiger partial charge is 0.409 e. The van der Waals surface area contributed by atoms with Crippen molar-refractivity contribution >= 4 is 55.6 Å². The molecule has 1 aromatic heterocycles. The number of hydrogen-bond acceptors (Lipinski definition) is 7. The molecule has 2 aromatic carbocycles. The molecule has 0 aliphatic carbocycles. The molecule has 1 aliphatic rings. The Hall–Kier alpha value is -3.59. The Bertz CT molecular complexity index is 1450. The van der Waals surface area contributed by atoms with Crippen molar-refractivity contribution < 1.29 is 22.7 Å². The summed E-state index contributed by atoms with van der Waals surface area (Å²) in [6.07, 6.45) is -0.00739. The third-order valence-corrected chi connectivity index (χ3v) is 8.13. The molecule has 12 heteroatoms. The van der Waals surface area contributed by atoms with Crippen LogP contribution < -0.4 is 10.0 Å². The minimum Gasteiger partial charge on any atom is -0.453 e. The van der Waals surface area contributed by atoms with E-state index in [1.165, 1.54) is 59.7 Å². The van der Waals surface area contributed by atoms with Gasteiger partial charge in [0.2, 0.25) is 0 Å². The first-order valence-corrected chi connectivity index (χ1v) is 13.0. The summed E-state index contributed by atoms with van der Waals surface area (Å²) in [4.78, 5) is 27.3. The monoisotopic (exact) mass is 530 g/mol. The lowest BCUT2D eigenvalue weighted by Crippen LogP contribution is -2.35. The normalized spacial score (nSPS) is 12.9. The Morgan fingerprint density at radius 2 is 1.89 bits per heavy atom. The number of nitrogens with one attached hydrogen (secondary N) is 2. The van der Waals surface area contributed by atoms with Gasteiger partial charge in [-0.2, -0.15) is 5.26 Å². The van der Waals surface area contributed by atoms with Gasteiger partial charge in [-0.05, 0) is 48.4 Å². The van der Waals surface area contributed by atoms with Gasteiger partial charge in [-0.15, -0.1) is 11.3 Å². The van der Waals surface area contributed by atoms with Crippen LogP contribution in [0.25, 0.3) is 0 Å². The molecule has 0 spiro atoms. The number of halogens is 1. The molecule has 3 aromatic rings. The molecule has 0 saturated carbocycles. The van der Waals surface area contributed by atoms with Crippen LogP contribution in [0.2, 0.25) is 5.02 Å². The van der Waals surface area contributed by atoms with Crippen molar-refractivity contribution in [3.63, 3.8) is 0 Å². The first-order chi connectivity index (χ1) is 16.7. The molecule has 1 aliphatic heterocycles. The zero-order valence-electron chi connectivity index (χ0n) is 18.4. The van der Waals surface area contributed by atoms with E-state index in [0.717, 1.165) is 10.4 Å². The number of amides is 2. The molecular weight excluding hydrogens is 512 g/mol. The number of hydrogen-bond donors (Lipinski definition) is 2. The second kappa shape index (κ2) is 9.95. The Kier molecular flexibility index (Phi) is 6.98. The van der Waals surface area contributed by atoms with Crippen molar-refractivity contribution in [1.82, 2.24) is 4.90 Å². The summed E-state index contributed by atoms with van der Waals surface area (Å²) in [6.45, 7) is 0.669. The van der Waals surface area contributed by atoms with Crippen LogP contribution in [0.15, 0.2) is 53.4 Å². The van der Waals surface area contributed by atoms with Gasteiger partial charge in [0.05, 0.1) is 35.4 Å². The number of nitrogens with zero attached hydrogens (tertiary/aromatic N) is 2. The number of thiophene rings is 1. The number of nitriles is 1. The number of fused-ring (bicyclic) bond motifs is 1. The summed E-state index contributed by atoms with van der Waals surface area (Å²) in [5.74, 6) is -0.584. The lowest BCUT2D eigenvalue weighted by molar-refractivity contribution is 0.102. The molecule has 0 fully saturated rings. The molecular formula is C23H19ClN4O5S2. The molecule has 0 radical (unpaired) electrons. The quantitative estimate of drug-likeness (QED) is 0.501. The third kappa shape index (κ3) is 5.09. The topological polar surface area (TPSA) is 129 Å². The van der Waals surface area contributed by atoms with Crippen LogP contribution in [0.3, 0.4) is 0 Å². The maximum Gasteiger partial charge on any atom is 0.409 e. The van der Waals surface area contributed by atoms with E-state index in [1.807, 2.05) is 0 Å². The number of carbonyl (C=O) groups excluding carboxylic acids is 2. The third-order valence-electron chi connectivity index (χ3n) is 5.37. The van der Waals surface area contributed by atoms with E-state index in [-0.39, 0.29) is 22.7 Å². The van der Waals surface area contributed by atoms with Crippen LogP contribution in [0.5, 0.6) is 0 Å². The highest BCUT2D eigenvalue weighted by Crippen LogP contribution is 2.37. The summed E-state index contributed by atoms with van der Waals surface area (Å²) in [5, 5.41) is 13.2. The Labute approximate surface area is 210 Å². The Morgan fingerprint density at radius 1 is 1.17 bits per heavy atom. The van der Waals surface area contributed by atoms with Crippen LogP contribution in [0.1, 0.15) is 26.4 Å². The molecule has 0 unspecified atom stereocenters. The predicted molar refractivity (Wildman–Crippen MR) is 132 cm³/mol. The van der Waals surface area contributed by atoms with Crippen molar-refractivity contribution in [2.45, 2.75) is 17.9 Å². The summed E-state index contributed by atoms with van der Waals surface area (Å²) >= 11 is 7.05. The number of benzene rings is 2. The molecule has 35 heavy (non-hydrogen) atoms. The molecule has 2 heterocycles. The number of ether oxygens (including phenoxy) is 1. The van der Waals surface area contributed by atoms with E-state index in [0.29, 0.717) is 28.6 Å². The average molecular weight is 531 g/mol. The molecule has 0 atom stereocenters. The van der Waals surface area contributed by atoms with E-state index in [9.17, 15) is 23.3 Å². The van der Waals surface area contributed by atoms with E-state index in [1.54, 1.807) is 12.1 Å². The van der Waals surface area contributed by atoms with Gasteiger partial charge in [0.25, 0.3) is 15.9 Å². The van der Waals surface area contributed by atoms with Gasteiger partial charge in [-0.25, -0.2) is 13.2 Å². The van der Waals surface area contributed by atoms with Crippen LogP contribution in [-0.2, 0) is 27.7 Å². The summed E-state index contributed by atoms with van der Waals surface area (Å²) in [6, 6.07) is 13.9. The van der Waals surface area contributed by atoms with Crippen LogP contribution in [-0.4, -0.2) is 39.0 Å². The number of sulfonamides is 1. The fraction of sp³-hybridized carbons (Fsp3) is 0.174. The van der Waals surface area contributed by atoms with E-state index in [2.05, 4.69) is 16.1 Å². The maximum atomic E-state index is 13.2. The first kappa shape index (κ1) is 24.5. The van der Waals surface area contributed by atoms with Crippen LogP contribution in [0.4, 0.5) is 15.5 Å². The lowest BCUT2D eigenvalue weighted by Gasteiger charge is -2.25. The van der Waals surface area contributed by atoms with E-state index < -0.39 is 22.0 Å². The number of para-hydroxylation sites is 1. The molecule has 4 rings (SSSR count). The number of carbonyl (C=O) groups is 2. The highest BCUT2D eigenvalue weighted by molar-refractivity contribution is 7.92. The van der Waals surface area contributed by atoms with Gasteiger partial charge in [0.1, 0.15) is 11.1 Å². The molecule has 2 amide bonds. The average Bonchev–Trinajstić information content (AvgIpc) is 3.19. The lowest BCUT2D eigenvalue weighted by atomic mass is 10.0. The van der Waals surface area contributed by atoms with Gasteiger partial charge in [0, 0.05) is 16.4 Å². The second-order valence-electron chi connectivity index (χ2n) is 7.52. The van der Waals surface area contributed by atoms with E-state index >= 15 is 0 Å². The zero-order chi connectivity index (χ0) is 25.2. The van der Waals surface area contributed by atoms with Crippen molar-refractivity contribution in [3.8, 4) is 6.07 Å². The highest BCUT2D eigenvalue weighted by atomic mass is 35.5. The molecule has 2 N–H and O–H groups in total. The van der Waals surface area contributed by atoms with Crippen molar-refractivity contribution in [3.05, 3.63) is 75.1 Å². The van der Waals surface area contributed by atoms with Gasteiger partial charge >= 0.3 is 6.09 Å². The minimum absolute atomic E-state index is 0.00929. The fourth-order valence-electron chi connectivity index (χ4n) is 3.65. The van der Waals surface area contributed by atoms with Gasteiger partial charge in [0.15, 0.2) is 0 Å². The largest absolute Gasteiger partial charge is 0.453 e. The van der Waals surface area contributed by atoms with Gasteiger partial charge < -0.3 is 15.0 Å². The van der Waals surface area contributed by atoms with Gasteiger partial charge in [-0.1, -0.05) is 23.7 Å². The van der Waals surface area contributed by atoms with Crippen LogP contribution in [0, 0.1) is 11.3 Å². The van der Waals surface area contributed by atoms with Crippen molar-refractivity contribution in [2.24, 2.45) is 0 Å². The molecule has 9 nitrogen and oxygen atoms in total. The summed E-state index contributed by atoms with van der Waals surface area (Å²) in [7, 11) is -2.68. The summed E-state index contributed by atoms with van der Waals surface area (Å²) < 4.78 is 32.9. The van der Waals surface area contributed by atoms with E-state index in [4.69, 9.17) is 16.3 Å². The standard InChI is InChI=1S/C23H19ClN4O5S2/c1-33-23(30)28-11-10-16-18(12-25)22(34-20(16)13-28)26-21(29)17-4-2-3-5-19(17)27-35(31,32)15-8-6-14(24)7-9-15/h2-9,27H,10-11,13H2,1H3,(H,26,29). The minimum atomic E-state index is -3.98. The van der Waals surface area contributed by atoms with Crippen molar-refractivity contribution in [1.29, 1.82) is 5.26 Å². The second-order valence-corrected chi connectivity index (χ2v) is 10.7. The molecule has 180 valence electrons. The van der Waals surface area contributed by atoms with Gasteiger partial charge in [-0.3, -0.25) is 9.52 Å². The summed E-state index contributed by atoms with van der Waals surface area (Å²) in [5.41, 5.74) is 1.28. The SMILES string of the molecule is COC(=O)N1CCc2c(sc(NC(=O)c3ccccc3NS(=O)(=O)c3ccc(Cl)cc3)c2C#N)C1. The Morgan fingerprint density at radius 3 is 2.57 bits per heavy atom. The molecule has 0 bridgehead atoms.